The first-order valence-corrected chi connectivity index (χ1v) is 6.69. The summed E-state index contributed by atoms with van der Waals surface area (Å²) in [6.45, 7) is 3.13. The van der Waals surface area contributed by atoms with E-state index in [2.05, 4.69) is 10.3 Å². The Morgan fingerprint density at radius 2 is 2.10 bits per heavy atom. The summed E-state index contributed by atoms with van der Waals surface area (Å²) in [5, 5.41) is 11.6. The Kier molecular flexibility index (Phi) is 5.26. The van der Waals surface area contributed by atoms with Crippen molar-refractivity contribution in [3.05, 3.63) is 29.1 Å². The van der Waals surface area contributed by atoms with Crippen molar-refractivity contribution in [3.8, 4) is 0 Å². The van der Waals surface area contributed by atoms with E-state index in [1.54, 1.807) is 6.92 Å². The number of hydrogen-bond acceptors (Lipinski definition) is 4. The molecule has 0 aliphatic rings. The van der Waals surface area contributed by atoms with Gasteiger partial charge in [0.25, 0.3) is 5.91 Å². The highest BCUT2D eigenvalue weighted by Gasteiger charge is 2.32. The Morgan fingerprint density at radius 1 is 1.48 bits per heavy atom. The second-order valence-electron chi connectivity index (χ2n) is 4.68. The molecular weight excluding hydrogens is 298 g/mol. The van der Waals surface area contributed by atoms with Crippen molar-refractivity contribution in [2.24, 2.45) is 5.73 Å². The number of nitrogens with zero attached hydrogens (tertiary/aromatic N) is 1. The number of aromatic nitrogens is 1. The van der Waals surface area contributed by atoms with Crippen molar-refractivity contribution in [2.45, 2.75) is 31.7 Å². The minimum Gasteiger partial charge on any atom is -0.478 e. The molecule has 1 heterocycles. The van der Waals surface area contributed by atoms with E-state index in [9.17, 15) is 14.4 Å². The van der Waals surface area contributed by atoms with Gasteiger partial charge >= 0.3 is 5.97 Å². The van der Waals surface area contributed by atoms with E-state index in [-0.39, 0.29) is 23.6 Å². The summed E-state index contributed by atoms with van der Waals surface area (Å²) in [5.74, 6) is -2.73. The molecule has 0 bridgehead atoms. The number of pyridine rings is 1. The lowest BCUT2D eigenvalue weighted by molar-refractivity contribution is -0.123. The number of hydrogen-bond donors (Lipinski definition) is 3. The molecule has 114 valence electrons. The van der Waals surface area contributed by atoms with Gasteiger partial charge in [-0.05, 0) is 25.0 Å². The number of alkyl halides is 1. The van der Waals surface area contributed by atoms with Crippen LogP contribution in [-0.4, -0.2) is 33.4 Å². The molecular formula is C13H16ClN3O4. The van der Waals surface area contributed by atoms with Gasteiger partial charge < -0.3 is 16.2 Å². The monoisotopic (exact) mass is 313 g/mol. The Hall–Kier alpha value is -2.15. The average molecular weight is 314 g/mol. The third kappa shape index (κ3) is 3.69. The number of halogens is 1. The van der Waals surface area contributed by atoms with Crippen LogP contribution in [0, 0.1) is 0 Å². The molecule has 0 aliphatic carbocycles. The van der Waals surface area contributed by atoms with E-state index >= 15 is 0 Å². The zero-order valence-corrected chi connectivity index (χ0v) is 12.4. The summed E-state index contributed by atoms with van der Waals surface area (Å²) in [6, 6.07) is 1.27. The predicted molar refractivity (Wildman–Crippen MR) is 76.1 cm³/mol. The fourth-order valence-electron chi connectivity index (χ4n) is 1.56. The maximum atomic E-state index is 12.2. The first kappa shape index (κ1) is 16.9. The van der Waals surface area contributed by atoms with Crippen LogP contribution in [0.5, 0.6) is 0 Å². The minimum atomic E-state index is -1.31. The summed E-state index contributed by atoms with van der Waals surface area (Å²) in [4.78, 5) is 38.6. The second-order valence-corrected chi connectivity index (χ2v) is 4.95. The molecule has 0 fully saturated rings. The predicted octanol–water partition coefficient (Wildman–Crippen LogP) is 0.902. The lowest BCUT2D eigenvalue weighted by atomic mass is 9.97. The highest BCUT2D eigenvalue weighted by atomic mass is 35.5. The standard InChI is InChI=1S/C13H16ClN3O4/c1-3-13(2,12(15)21)17-10(18)9-8(11(19)20)4-7(5-14)6-16-9/h4,6H,3,5H2,1-2H3,(H2,15,21)(H,17,18)(H,19,20). The number of rotatable bonds is 6. The van der Waals surface area contributed by atoms with Crippen molar-refractivity contribution in [1.29, 1.82) is 0 Å². The Morgan fingerprint density at radius 3 is 2.52 bits per heavy atom. The molecule has 21 heavy (non-hydrogen) atoms. The normalized spacial score (nSPS) is 13.3. The maximum absolute atomic E-state index is 12.2. The van der Waals surface area contributed by atoms with Crippen LogP contribution in [0.3, 0.4) is 0 Å². The lowest BCUT2D eigenvalue weighted by Crippen LogP contribution is -2.55. The van der Waals surface area contributed by atoms with Crippen LogP contribution in [-0.2, 0) is 10.7 Å². The van der Waals surface area contributed by atoms with Gasteiger partial charge in [-0.3, -0.25) is 9.59 Å². The zero-order chi connectivity index (χ0) is 16.2. The molecule has 0 radical (unpaired) electrons. The van der Waals surface area contributed by atoms with Crippen LogP contribution in [0.25, 0.3) is 0 Å². The van der Waals surface area contributed by atoms with Gasteiger partial charge in [-0.25, -0.2) is 9.78 Å². The summed E-state index contributed by atoms with van der Waals surface area (Å²) < 4.78 is 0. The van der Waals surface area contributed by atoms with E-state index in [1.165, 1.54) is 19.2 Å². The van der Waals surface area contributed by atoms with Gasteiger partial charge in [-0.1, -0.05) is 6.92 Å². The number of nitrogens with two attached hydrogens (primary N) is 1. The molecule has 1 unspecified atom stereocenters. The average Bonchev–Trinajstić information content (AvgIpc) is 2.45. The molecule has 1 rings (SSSR count). The van der Waals surface area contributed by atoms with Crippen LogP contribution < -0.4 is 11.1 Å². The van der Waals surface area contributed by atoms with Gasteiger partial charge in [-0.2, -0.15) is 0 Å². The Bertz CT molecular complexity index is 591. The van der Waals surface area contributed by atoms with Crippen molar-refractivity contribution in [2.75, 3.05) is 0 Å². The van der Waals surface area contributed by atoms with E-state index in [4.69, 9.17) is 22.4 Å². The number of aromatic carboxylic acids is 1. The largest absolute Gasteiger partial charge is 0.478 e. The first-order chi connectivity index (χ1) is 9.75. The molecule has 7 nitrogen and oxygen atoms in total. The molecule has 0 spiro atoms. The Balaban J connectivity index is 3.19. The van der Waals surface area contributed by atoms with Gasteiger partial charge in [-0.15, -0.1) is 11.6 Å². The second kappa shape index (κ2) is 6.53. The van der Waals surface area contributed by atoms with Crippen molar-refractivity contribution in [1.82, 2.24) is 10.3 Å². The first-order valence-electron chi connectivity index (χ1n) is 6.15. The fourth-order valence-corrected chi connectivity index (χ4v) is 1.71. The molecule has 2 amide bonds. The molecule has 1 aromatic heterocycles. The minimum absolute atomic E-state index is 0.0726. The molecule has 8 heteroatoms. The van der Waals surface area contributed by atoms with Gasteiger partial charge in [0.05, 0.1) is 5.56 Å². The van der Waals surface area contributed by atoms with E-state index in [1.807, 2.05) is 0 Å². The number of amides is 2. The smallest absolute Gasteiger partial charge is 0.338 e. The van der Waals surface area contributed by atoms with Gasteiger partial charge in [0.15, 0.2) is 0 Å². The van der Waals surface area contributed by atoms with Crippen LogP contribution in [0.2, 0.25) is 0 Å². The topological polar surface area (TPSA) is 122 Å². The molecule has 4 N–H and O–H groups in total. The van der Waals surface area contributed by atoms with Crippen LogP contribution in [0.15, 0.2) is 12.3 Å². The number of carbonyl (C=O) groups is 3. The van der Waals surface area contributed by atoms with Crippen molar-refractivity contribution < 1.29 is 19.5 Å². The maximum Gasteiger partial charge on any atom is 0.338 e. The number of carboxylic acid groups (broad SMARTS) is 1. The van der Waals surface area contributed by atoms with Crippen molar-refractivity contribution in [3.63, 3.8) is 0 Å². The van der Waals surface area contributed by atoms with Gasteiger partial charge in [0.2, 0.25) is 5.91 Å². The SMILES string of the molecule is CCC(C)(NC(=O)c1ncc(CCl)cc1C(=O)O)C(N)=O. The highest BCUT2D eigenvalue weighted by molar-refractivity contribution is 6.17. The van der Waals surface area contributed by atoms with E-state index < -0.39 is 23.3 Å². The number of carbonyl (C=O) groups excluding carboxylic acids is 2. The highest BCUT2D eigenvalue weighted by Crippen LogP contribution is 2.14. The number of primary amides is 1. The van der Waals surface area contributed by atoms with Crippen LogP contribution in [0.4, 0.5) is 0 Å². The van der Waals surface area contributed by atoms with Gasteiger partial charge in [0.1, 0.15) is 11.2 Å². The quantitative estimate of drug-likeness (QED) is 0.673. The number of nitrogens with one attached hydrogen (secondary N) is 1. The molecule has 1 aromatic rings. The summed E-state index contributed by atoms with van der Waals surface area (Å²) in [6.07, 6.45) is 1.57. The third-order valence-corrected chi connectivity index (χ3v) is 3.49. The lowest BCUT2D eigenvalue weighted by Gasteiger charge is -2.25. The van der Waals surface area contributed by atoms with Gasteiger partial charge in [0, 0.05) is 12.1 Å². The van der Waals surface area contributed by atoms with Crippen LogP contribution >= 0.6 is 11.6 Å². The Labute approximate surface area is 126 Å². The van der Waals surface area contributed by atoms with Crippen LogP contribution in [0.1, 0.15) is 46.7 Å². The fraction of sp³-hybridized carbons (Fsp3) is 0.385. The van der Waals surface area contributed by atoms with E-state index in [0.29, 0.717) is 5.56 Å². The molecule has 0 saturated heterocycles. The molecule has 0 aliphatic heterocycles. The summed E-state index contributed by atoms with van der Waals surface area (Å²) in [7, 11) is 0. The third-order valence-electron chi connectivity index (χ3n) is 3.18. The molecule has 0 saturated carbocycles. The van der Waals surface area contributed by atoms with E-state index in [0.717, 1.165) is 0 Å². The number of carboxylic acids is 1. The summed E-state index contributed by atoms with van der Waals surface area (Å²) >= 11 is 5.61. The molecule has 0 aromatic carbocycles. The zero-order valence-electron chi connectivity index (χ0n) is 11.6. The van der Waals surface area contributed by atoms with Crippen molar-refractivity contribution >= 4 is 29.4 Å². The summed E-state index contributed by atoms with van der Waals surface area (Å²) in [5.41, 5.74) is 3.86. The molecule has 1 atom stereocenters.